The third kappa shape index (κ3) is 2.81. The zero-order valence-electron chi connectivity index (χ0n) is 12.1. The highest BCUT2D eigenvalue weighted by atomic mass is 16.4. The number of anilines is 1. The number of aliphatic carboxylic acids is 1. The quantitative estimate of drug-likeness (QED) is 0.869. The van der Waals surface area contributed by atoms with Gasteiger partial charge in [-0.2, -0.15) is 0 Å². The van der Waals surface area contributed by atoms with Gasteiger partial charge in [0.15, 0.2) is 0 Å². The number of carbonyl (C=O) groups is 3. The lowest BCUT2D eigenvalue weighted by Gasteiger charge is -2.32. The number of amides is 2. The summed E-state index contributed by atoms with van der Waals surface area (Å²) < 4.78 is 0. The average Bonchev–Trinajstić information content (AvgIpc) is 3.31. The maximum atomic E-state index is 12.5. The normalized spacial score (nSPS) is 27.4. The van der Waals surface area contributed by atoms with E-state index in [0.29, 0.717) is 19.4 Å². The second-order valence-corrected chi connectivity index (χ2v) is 5.82. The zero-order chi connectivity index (χ0) is 15.7. The number of carbonyl (C=O) groups excluding carboxylic acids is 2. The maximum absolute atomic E-state index is 12.5. The van der Waals surface area contributed by atoms with Gasteiger partial charge in [0, 0.05) is 12.2 Å². The first-order valence-corrected chi connectivity index (χ1v) is 7.47. The van der Waals surface area contributed by atoms with Crippen LogP contribution in [-0.2, 0) is 14.4 Å². The van der Waals surface area contributed by atoms with Gasteiger partial charge in [-0.15, -0.1) is 0 Å². The largest absolute Gasteiger partial charge is 0.481 e. The molecular weight excluding hydrogens is 284 g/mol. The van der Waals surface area contributed by atoms with Crippen molar-refractivity contribution in [1.82, 2.24) is 5.32 Å². The molecule has 0 unspecified atom stereocenters. The molecule has 3 atom stereocenters. The number of benzene rings is 1. The van der Waals surface area contributed by atoms with Crippen molar-refractivity contribution >= 4 is 23.5 Å². The van der Waals surface area contributed by atoms with E-state index in [2.05, 4.69) is 5.32 Å². The maximum Gasteiger partial charge on any atom is 0.307 e. The third-order valence-electron chi connectivity index (χ3n) is 4.27. The lowest BCUT2D eigenvalue weighted by atomic mass is 10.0. The number of carboxylic acids is 1. The molecule has 0 spiro atoms. The van der Waals surface area contributed by atoms with Crippen molar-refractivity contribution in [2.45, 2.75) is 25.3 Å². The Hall–Kier alpha value is -2.37. The Balaban J connectivity index is 1.64. The van der Waals surface area contributed by atoms with Crippen molar-refractivity contribution in [2.24, 2.45) is 11.8 Å². The van der Waals surface area contributed by atoms with Crippen molar-refractivity contribution in [2.75, 3.05) is 11.4 Å². The smallest absolute Gasteiger partial charge is 0.307 e. The van der Waals surface area contributed by atoms with Crippen molar-refractivity contribution < 1.29 is 19.5 Å². The second-order valence-electron chi connectivity index (χ2n) is 5.82. The number of para-hydroxylation sites is 1. The number of piperidine rings is 1. The Kier molecular flexibility index (Phi) is 3.83. The fraction of sp³-hybridized carbons (Fsp3) is 0.438. The Labute approximate surface area is 128 Å². The van der Waals surface area contributed by atoms with Crippen LogP contribution in [0.5, 0.6) is 0 Å². The van der Waals surface area contributed by atoms with Gasteiger partial charge in [0.05, 0.1) is 11.8 Å². The molecule has 2 fully saturated rings. The van der Waals surface area contributed by atoms with Crippen LogP contribution in [0, 0.1) is 11.8 Å². The number of nitrogens with one attached hydrogen (secondary N) is 1. The van der Waals surface area contributed by atoms with Crippen LogP contribution in [0.4, 0.5) is 5.69 Å². The van der Waals surface area contributed by atoms with E-state index in [1.807, 2.05) is 30.3 Å². The summed E-state index contributed by atoms with van der Waals surface area (Å²) in [7, 11) is 0. The molecule has 1 heterocycles. The first-order valence-electron chi connectivity index (χ1n) is 7.47. The van der Waals surface area contributed by atoms with E-state index in [-0.39, 0.29) is 11.8 Å². The molecule has 2 amide bonds. The molecule has 2 N–H and O–H groups in total. The summed E-state index contributed by atoms with van der Waals surface area (Å²) in [6.07, 6.45) is 1.77. The molecule has 1 saturated heterocycles. The number of carboxylic acid groups (broad SMARTS) is 1. The minimum absolute atomic E-state index is 0.127. The van der Waals surface area contributed by atoms with Gasteiger partial charge in [0.2, 0.25) is 11.8 Å². The summed E-state index contributed by atoms with van der Waals surface area (Å²) in [6, 6.07) is 8.79. The molecule has 0 aromatic heterocycles. The molecule has 22 heavy (non-hydrogen) atoms. The van der Waals surface area contributed by atoms with Crippen LogP contribution in [-0.4, -0.2) is 35.5 Å². The van der Waals surface area contributed by atoms with E-state index >= 15 is 0 Å². The summed E-state index contributed by atoms with van der Waals surface area (Å²) in [6.45, 7) is 0.635. The van der Waals surface area contributed by atoms with Crippen LogP contribution >= 0.6 is 0 Å². The second kappa shape index (κ2) is 5.79. The third-order valence-corrected chi connectivity index (χ3v) is 4.27. The van der Waals surface area contributed by atoms with Gasteiger partial charge in [-0.05, 0) is 31.4 Å². The lowest BCUT2D eigenvalue weighted by molar-refractivity contribution is -0.140. The average molecular weight is 302 g/mol. The van der Waals surface area contributed by atoms with E-state index in [1.54, 1.807) is 4.90 Å². The molecule has 6 heteroatoms. The van der Waals surface area contributed by atoms with Gasteiger partial charge < -0.3 is 15.3 Å². The van der Waals surface area contributed by atoms with Crippen molar-refractivity contribution in [1.29, 1.82) is 0 Å². The van der Waals surface area contributed by atoms with Gasteiger partial charge in [-0.3, -0.25) is 14.4 Å². The minimum atomic E-state index is -0.943. The molecule has 2 aliphatic rings. The van der Waals surface area contributed by atoms with E-state index in [9.17, 15) is 14.4 Å². The Morgan fingerprint density at radius 2 is 1.91 bits per heavy atom. The summed E-state index contributed by atoms with van der Waals surface area (Å²) in [5.74, 6) is -2.47. The molecule has 3 rings (SSSR count). The predicted molar refractivity (Wildman–Crippen MR) is 79.2 cm³/mol. The van der Waals surface area contributed by atoms with Gasteiger partial charge in [0.1, 0.15) is 6.04 Å². The Morgan fingerprint density at radius 1 is 1.18 bits per heavy atom. The fourth-order valence-corrected chi connectivity index (χ4v) is 2.91. The Bertz CT molecular complexity index is 601. The van der Waals surface area contributed by atoms with Crippen molar-refractivity contribution in [3.8, 4) is 0 Å². The summed E-state index contributed by atoms with van der Waals surface area (Å²) in [5.41, 5.74) is 0.821. The van der Waals surface area contributed by atoms with E-state index in [4.69, 9.17) is 5.11 Å². The molecular formula is C16H18N2O4. The SMILES string of the molecule is O=C(N[C@H]1CCCN(c2ccccc2)C1=O)[C@H]1C[C@H]1C(=O)O. The zero-order valence-corrected chi connectivity index (χ0v) is 12.1. The number of hydrogen-bond donors (Lipinski definition) is 2. The summed E-state index contributed by atoms with van der Waals surface area (Å²) in [5, 5.41) is 11.6. The van der Waals surface area contributed by atoms with Crippen LogP contribution in [0.2, 0.25) is 0 Å². The molecule has 1 aliphatic heterocycles. The highest BCUT2D eigenvalue weighted by molar-refractivity contribution is 6.00. The summed E-state index contributed by atoms with van der Waals surface area (Å²) in [4.78, 5) is 37.0. The highest BCUT2D eigenvalue weighted by Crippen LogP contribution is 2.39. The minimum Gasteiger partial charge on any atom is -0.481 e. The van der Waals surface area contributed by atoms with Crippen LogP contribution < -0.4 is 10.2 Å². The van der Waals surface area contributed by atoms with Crippen molar-refractivity contribution in [3.63, 3.8) is 0 Å². The number of hydrogen-bond acceptors (Lipinski definition) is 3. The Morgan fingerprint density at radius 3 is 2.55 bits per heavy atom. The molecule has 1 aromatic rings. The van der Waals surface area contributed by atoms with E-state index < -0.39 is 23.8 Å². The van der Waals surface area contributed by atoms with Crippen LogP contribution in [0.25, 0.3) is 0 Å². The van der Waals surface area contributed by atoms with Gasteiger partial charge in [0.25, 0.3) is 0 Å². The predicted octanol–water partition coefficient (Wildman–Crippen LogP) is 1.02. The van der Waals surface area contributed by atoms with E-state index in [1.165, 1.54) is 0 Å². The number of rotatable bonds is 4. The van der Waals surface area contributed by atoms with E-state index in [0.717, 1.165) is 12.1 Å². The monoisotopic (exact) mass is 302 g/mol. The molecule has 1 aromatic carbocycles. The number of nitrogens with zero attached hydrogens (tertiary/aromatic N) is 1. The standard InChI is InChI=1S/C16H18N2O4/c19-14(11-9-12(11)16(21)22)17-13-7-4-8-18(15(13)20)10-5-2-1-3-6-10/h1-3,5-6,11-13H,4,7-9H2,(H,17,19)(H,21,22)/t11-,12+,13-/m0/s1. The first kappa shape index (κ1) is 14.6. The van der Waals surface area contributed by atoms with Gasteiger partial charge in [-0.25, -0.2) is 0 Å². The fourth-order valence-electron chi connectivity index (χ4n) is 2.91. The first-order chi connectivity index (χ1) is 10.6. The van der Waals surface area contributed by atoms with Gasteiger partial charge in [-0.1, -0.05) is 18.2 Å². The van der Waals surface area contributed by atoms with Crippen molar-refractivity contribution in [3.05, 3.63) is 30.3 Å². The summed E-state index contributed by atoms with van der Waals surface area (Å²) >= 11 is 0. The molecule has 6 nitrogen and oxygen atoms in total. The highest BCUT2D eigenvalue weighted by Gasteiger charge is 2.49. The van der Waals surface area contributed by atoms with Gasteiger partial charge >= 0.3 is 5.97 Å². The molecule has 1 aliphatic carbocycles. The topological polar surface area (TPSA) is 86.7 Å². The lowest BCUT2D eigenvalue weighted by Crippen LogP contribution is -2.52. The molecule has 0 bridgehead atoms. The van der Waals surface area contributed by atoms with Crippen LogP contribution in [0.3, 0.4) is 0 Å². The molecule has 1 saturated carbocycles. The van der Waals surface area contributed by atoms with Crippen LogP contribution in [0.1, 0.15) is 19.3 Å². The molecule has 0 radical (unpaired) electrons. The van der Waals surface area contributed by atoms with Crippen LogP contribution in [0.15, 0.2) is 30.3 Å². The molecule has 116 valence electrons.